The molecule has 168 valence electrons. The maximum Gasteiger partial charge on any atom is 0.408 e. The number of hydrogen-bond acceptors (Lipinski definition) is 6. The molecule has 1 heterocycles. The minimum absolute atomic E-state index is 0.00226. The predicted octanol–water partition coefficient (Wildman–Crippen LogP) is 6.63. The number of alkyl halides is 3. The average Bonchev–Trinajstić information content (AvgIpc) is 3.10. The molecule has 10 heteroatoms. The number of fused-ring (bicyclic) bond motifs is 1. The SMILES string of the molecule is C/C=N/c1nc2cc(SN(CC)C(c3ccc(F)cc3)C(F)(F)F)ccc2s1.CNC. The quantitative estimate of drug-likeness (QED) is 0.248. The molecule has 0 saturated carbocycles. The van der Waals surface area contributed by atoms with Crippen LogP contribution in [0.25, 0.3) is 10.2 Å². The summed E-state index contributed by atoms with van der Waals surface area (Å²) in [6.07, 6.45) is -2.86. The van der Waals surface area contributed by atoms with Gasteiger partial charge in [-0.3, -0.25) is 0 Å². The highest BCUT2D eigenvalue weighted by molar-refractivity contribution is 7.97. The van der Waals surface area contributed by atoms with Gasteiger partial charge in [-0.2, -0.15) is 13.2 Å². The largest absolute Gasteiger partial charge is 0.408 e. The number of hydrogen-bond donors (Lipinski definition) is 1. The number of nitrogens with zero attached hydrogens (tertiary/aromatic N) is 3. The standard InChI is InChI=1S/C19H17F4N3S2.C2H7N/c1-3-24-18-25-15-11-14(9-10-16(15)27-18)28-26(4-2)17(19(21,22)23)12-5-7-13(20)8-6-12;1-3-2/h3,5-11,17H,4H2,1-2H3;3H,1-2H3/b24-3+;. The third-order valence-corrected chi connectivity index (χ3v) is 6.02. The molecule has 0 amide bonds. The molecule has 0 aliphatic carbocycles. The van der Waals surface area contributed by atoms with Crippen molar-refractivity contribution in [2.75, 3.05) is 20.6 Å². The summed E-state index contributed by atoms with van der Waals surface area (Å²) < 4.78 is 56.8. The Morgan fingerprint density at radius 3 is 2.39 bits per heavy atom. The Labute approximate surface area is 187 Å². The summed E-state index contributed by atoms with van der Waals surface area (Å²) in [6, 6.07) is 7.95. The van der Waals surface area contributed by atoms with E-state index < -0.39 is 18.0 Å². The molecular weight excluding hydrogens is 448 g/mol. The second-order valence-corrected chi connectivity index (χ2v) is 8.47. The van der Waals surface area contributed by atoms with Gasteiger partial charge < -0.3 is 5.32 Å². The van der Waals surface area contributed by atoms with Crippen LogP contribution in [-0.4, -0.2) is 42.3 Å². The van der Waals surface area contributed by atoms with Gasteiger partial charge in [-0.05, 0) is 68.9 Å². The molecule has 1 N–H and O–H groups in total. The van der Waals surface area contributed by atoms with Gasteiger partial charge in [0.1, 0.15) is 11.9 Å². The molecule has 0 fully saturated rings. The van der Waals surface area contributed by atoms with Gasteiger partial charge in [-0.15, -0.1) is 0 Å². The van der Waals surface area contributed by atoms with Crippen LogP contribution in [-0.2, 0) is 0 Å². The molecule has 0 aliphatic heterocycles. The molecular formula is C21H24F4N4S2. The zero-order chi connectivity index (χ0) is 23.0. The lowest BCUT2D eigenvalue weighted by Gasteiger charge is -2.31. The molecule has 1 aromatic heterocycles. The van der Waals surface area contributed by atoms with Crippen LogP contribution in [0, 0.1) is 5.82 Å². The van der Waals surface area contributed by atoms with Crippen LogP contribution in [0.3, 0.4) is 0 Å². The van der Waals surface area contributed by atoms with E-state index >= 15 is 0 Å². The summed E-state index contributed by atoms with van der Waals surface area (Å²) in [5.74, 6) is -0.570. The van der Waals surface area contributed by atoms with Crippen LogP contribution in [0.5, 0.6) is 0 Å². The third-order valence-electron chi connectivity index (χ3n) is 3.91. The Morgan fingerprint density at radius 1 is 1.19 bits per heavy atom. The van der Waals surface area contributed by atoms with E-state index in [0.29, 0.717) is 15.5 Å². The molecule has 0 bridgehead atoms. The predicted molar refractivity (Wildman–Crippen MR) is 122 cm³/mol. The molecule has 0 aliphatic rings. The lowest BCUT2D eigenvalue weighted by molar-refractivity contribution is -0.172. The van der Waals surface area contributed by atoms with E-state index in [4.69, 9.17) is 0 Å². The van der Waals surface area contributed by atoms with Gasteiger partial charge >= 0.3 is 6.18 Å². The molecule has 1 atom stereocenters. The fourth-order valence-corrected chi connectivity index (χ4v) is 4.60. The minimum Gasteiger partial charge on any atom is -0.323 e. The van der Waals surface area contributed by atoms with E-state index in [2.05, 4.69) is 15.3 Å². The summed E-state index contributed by atoms with van der Waals surface area (Å²) >= 11 is 2.42. The summed E-state index contributed by atoms with van der Waals surface area (Å²) in [4.78, 5) is 9.17. The highest BCUT2D eigenvalue weighted by Gasteiger charge is 2.44. The minimum atomic E-state index is -4.51. The van der Waals surface area contributed by atoms with Crippen molar-refractivity contribution in [2.45, 2.75) is 31.0 Å². The van der Waals surface area contributed by atoms with Crippen LogP contribution in [0.15, 0.2) is 52.4 Å². The Kier molecular flexibility index (Phi) is 9.42. The molecule has 3 aromatic rings. The maximum atomic E-state index is 13.8. The zero-order valence-electron chi connectivity index (χ0n) is 17.6. The number of benzene rings is 2. The van der Waals surface area contributed by atoms with Gasteiger partial charge in [-0.25, -0.2) is 18.7 Å². The molecule has 0 radical (unpaired) electrons. The van der Waals surface area contributed by atoms with Crippen LogP contribution >= 0.6 is 23.3 Å². The van der Waals surface area contributed by atoms with Gasteiger partial charge in [0, 0.05) is 17.7 Å². The number of aromatic nitrogens is 1. The van der Waals surface area contributed by atoms with Crippen molar-refractivity contribution in [3.63, 3.8) is 0 Å². The summed E-state index contributed by atoms with van der Waals surface area (Å²) in [5, 5.41) is 3.35. The Morgan fingerprint density at radius 2 is 1.84 bits per heavy atom. The van der Waals surface area contributed by atoms with Gasteiger partial charge in [-0.1, -0.05) is 30.4 Å². The van der Waals surface area contributed by atoms with Crippen molar-refractivity contribution in [2.24, 2.45) is 4.99 Å². The highest BCUT2D eigenvalue weighted by Crippen LogP contribution is 2.43. The molecule has 31 heavy (non-hydrogen) atoms. The molecule has 0 saturated heterocycles. The topological polar surface area (TPSA) is 40.5 Å². The number of aliphatic imine (C=N–C) groups is 1. The van der Waals surface area contributed by atoms with E-state index in [-0.39, 0.29) is 12.1 Å². The number of nitrogens with one attached hydrogen (secondary N) is 1. The lowest BCUT2D eigenvalue weighted by atomic mass is 10.1. The van der Waals surface area contributed by atoms with Gasteiger partial charge in [0.25, 0.3) is 0 Å². The number of thiazole rings is 1. The lowest BCUT2D eigenvalue weighted by Crippen LogP contribution is -2.34. The van der Waals surface area contributed by atoms with E-state index in [9.17, 15) is 17.6 Å². The van der Waals surface area contributed by atoms with Crippen molar-refractivity contribution in [1.82, 2.24) is 14.6 Å². The Hall–Kier alpha value is -2.01. The molecule has 1 unspecified atom stereocenters. The normalized spacial score (nSPS) is 12.9. The second-order valence-electron chi connectivity index (χ2n) is 6.33. The first-order valence-electron chi connectivity index (χ1n) is 9.48. The number of rotatable bonds is 6. The first-order chi connectivity index (χ1) is 14.7. The second kappa shape index (κ2) is 11.6. The third kappa shape index (κ3) is 6.99. The molecule has 2 aromatic carbocycles. The van der Waals surface area contributed by atoms with Crippen LogP contribution < -0.4 is 5.32 Å². The first-order valence-corrected chi connectivity index (χ1v) is 11.1. The monoisotopic (exact) mass is 472 g/mol. The van der Waals surface area contributed by atoms with E-state index in [1.807, 2.05) is 20.2 Å². The molecule has 4 nitrogen and oxygen atoms in total. The zero-order valence-corrected chi connectivity index (χ0v) is 19.2. The van der Waals surface area contributed by atoms with Crippen LogP contribution in [0.1, 0.15) is 25.5 Å². The van der Waals surface area contributed by atoms with Crippen molar-refractivity contribution in [3.8, 4) is 0 Å². The fourth-order valence-electron chi connectivity index (χ4n) is 2.72. The Bertz CT molecular complexity index is 987. The highest BCUT2D eigenvalue weighted by atomic mass is 32.2. The van der Waals surface area contributed by atoms with Gasteiger partial charge in [0.2, 0.25) is 5.13 Å². The maximum absolute atomic E-state index is 13.8. The summed E-state index contributed by atoms with van der Waals surface area (Å²) in [5.41, 5.74) is 0.689. The smallest absolute Gasteiger partial charge is 0.323 e. The van der Waals surface area contributed by atoms with E-state index in [1.165, 1.54) is 27.8 Å². The van der Waals surface area contributed by atoms with Gasteiger partial charge in [0.15, 0.2) is 0 Å². The van der Waals surface area contributed by atoms with Crippen LogP contribution in [0.2, 0.25) is 0 Å². The summed E-state index contributed by atoms with van der Waals surface area (Å²) in [7, 11) is 3.75. The van der Waals surface area contributed by atoms with E-state index in [0.717, 1.165) is 28.8 Å². The number of halogens is 4. The fraction of sp³-hybridized carbons (Fsp3) is 0.333. The summed E-state index contributed by atoms with van der Waals surface area (Å²) in [6.45, 7) is 3.59. The molecule has 0 spiro atoms. The van der Waals surface area contributed by atoms with Crippen molar-refractivity contribution < 1.29 is 17.6 Å². The van der Waals surface area contributed by atoms with Crippen molar-refractivity contribution in [3.05, 3.63) is 53.8 Å². The van der Waals surface area contributed by atoms with Crippen molar-refractivity contribution >= 4 is 44.8 Å². The van der Waals surface area contributed by atoms with Crippen LogP contribution in [0.4, 0.5) is 22.7 Å². The van der Waals surface area contributed by atoms with E-state index in [1.54, 1.807) is 32.2 Å². The van der Waals surface area contributed by atoms with Crippen molar-refractivity contribution in [1.29, 1.82) is 0 Å². The van der Waals surface area contributed by atoms with Gasteiger partial charge in [0.05, 0.1) is 10.2 Å². The first kappa shape index (κ1) is 25.3. The average molecular weight is 473 g/mol. The Balaban J connectivity index is 0.00000107. The molecule has 3 rings (SSSR count).